The van der Waals surface area contributed by atoms with E-state index in [2.05, 4.69) is 26.1 Å². The summed E-state index contributed by atoms with van der Waals surface area (Å²) in [6.07, 6.45) is 1.37. The lowest BCUT2D eigenvalue weighted by molar-refractivity contribution is -0.131. The second-order valence-electron chi connectivity index (χ2n) is 6.02. The molecule has 0 radical (unpaired) electrons. The fraction of sp³-hybridized carbons (Fsp3) is 0.150. The number of methoxy groups -OCH3 is 1. The minimum Gasteiger partial charge on any atom is -0.504 e. The Balaban J connectivity index is 2.01. The number of phenols is 1. The van der Waals surface area contributed by atoms with Crippen LogP contribution in [0, 0.1) is 0 Å². The average molecular weight is 511 g/mol. The van der Waals surface area contributed by atoms with Crippen molar-refractivity contribution in [1.29, 1.82) is 0 Å². The van der Waals surface area contributed by atoms with Crippen LogP contribution in [0.1, 0.15) is 12.5 Å². The van der Waals surface area contributed by atoms with Crippen molar-refractivity contribution in [3.8, 4) is 22.9 Å². The normalized spacial score (nSPS) is 11.5. The van der Waals surface area contributed by atoms with Crippen LogP contribution >= 0.6 is 39.3 Å². The summed E-state index contributed by atoms with van der Waals surface area (Å²) in [6, 6.07) is 10.4. The van der Waals surface area contributed by atoms with E-state index in [4.69, 9.17) is 16.3 Å². The van der Waals surface area contributed by atoms with Gasteiger partial charge in [-0.05, 0) is 61.2 Å². The number of hydrogen-bond donors (Lipinski definition) is 2. The van der Waals surface area contributed by atoms with E-state index in [9.17, 15) is 15.0 Å². The Hall–Kier alpha value is -2.49. The van der Waals surface area contributed by atoms with E-state index >= 15 is 0 Å². The first-order chi connectivity index (χ1) is 14.3. The zero-order valence-electron chi connectivity index (χ0n) is 16.0. The molecule has 3 aromatic rings. The van der Waals surface area contributed by atoms with Gasteiger partial charge in [0.2, 0.25) is 0 Å². The highest BCUT2D eigenvalue weighted by atomic mass is 79.9. The fourth-order valence-corrected chi connectivity index (χ4v) is 4.15. The number of phenolic OH excluding ortho intramolecular Hbond substituents is 1. The predicted molar refractivity (Wildman–Crippen MR) is 120 cm³/mol. The van der Waals surface area contributed by atoms with Crippen molar-refractivity contribution in [3.63, 3.8) is 0 Å². The lowest BCUT2D eigenvalue weighted by Gasteiger charge is -2.10. The molecular weight excluding hydrogens is 494 g/mol. The molecule has 0 amide bonds. The van der Waals surface area contributed by atoms with Crippen molar-refractivity contribution in [1.82, 2.24) is 14.8 Å². The van der Waals surface area contributed by atoms with E-state index in [1.807, 2.05) is 23.6 Å². The topological polar surface area (TPSA) is 97.5 Å². The molecule has 0 saturated carbocycles. The molecule has 0 atom stereocenters. The summed E-state index contributed by atoms with van der Waals surface area (Å²) in [5.41, 5.74) is 1.11. The molecule has 0 aliphatic carbocycles. The van der Waals surface area contributed by atoms with Crippen LogP contribution in [0.3, 0.4) is 0 Å². The monoisotopic (exact) mass is 509 g/mol. The highest BCUT2D eigenvalue weighted by Crippen LogP contribution is 2.37. The molecule has 0 unspecified atom stereocenters. The molecule has 0 aliphatic rings. The van der Waals surface area contributed by atoms with E-state index < -0.39 is 5.97 Å². The number of halogens is 2. The maximum absolute atomic E-state index is 11.9. The number of thioether (sulfide) groups is 1. The van der Waals surface area contributed by atoms with Gasteiger partial charge in [0.05, 0.1) is 7.11 Å². The van der Waals surface area contributed by atoms with Crippen molar-refractivity contribution >= 4 is 51.3 Å². The Bertz CT molecular complexity index is 1120. The zero-order chi connectivity index (χ0) is 21.8. The Morgan fingerprint density at radius 2 is 2.00 bits per heavy atom. The fourth-order valence-electron chi connectivity index (χ4n) is 2.70. The predicted octanol–water partition coefficient (Wildman–Crippen LogP) is 5.31. The Morgan fingerprint density at radius 1 is 1.30 bits per heavy atom. The molecule has 1 aromatic heterocycles. The van der Waals surface area contributed by atoms with E-state index in [1.165, 1.54) is 13.2 Å². The van der Waals surface area contributed by atoms with Crippen molar-refractivity contribution < 1.29 is 19.7 Å². The van der Waals surface area contributed by atoms with Gasteiger partial charge in [0.25, 0.3) is 0 Å². The molecule has 0 aliphatic heterocycles. The van der Waals surface area contributed by atoms with E-state index in [-0.39, 0.29) is 16.4 Å². The number of aliphatic carboxylic acids is 1. The van der Waals surface area contributed by atoms with Gasteiger partial charge in [-0.15, -0.1) is 10.2 Å². The molecule has 0 bridgehead atoms. The third-order valence-electron chi connectivity index (χ3n) is 4.12. The van der Waals surface area contributed by atoms with Crippen LogP contribution in [0.2, 0.25) is 5.02 Å². The number of aromatic nitrogens is 3. The lowest BCUT2D eigenvalue weighted by Crippen LogP contribution is -2.03. The summed E-state index contributed by atoms with van der Waals surface area (Å²) in [6.45, 7) is 2.46. The first-order valence-electron chi connectivity index (χ1n) is 8.72. The molecule has 0 saturated heterocycles. The van der Waals surface area contributed by atoms with Gasteiger partial charge >= 0.3 is 5.97 Å². The second-order valence-corrected chi connectivity index (χ2v) is 8.38. The molecule has 3 rings (SSSR count). The van der Waals surface area contributed by atoms with Crippen molar-refractivity contribution in [2.24, 2.45) is 0 Å². The summed E-state index contributed by atoms with van der Waals surface area (Å²) in [5, 5.41) is 29.5. The molecule has 10 heteroatoms. The molecule has 2 aromatic carbocycles. The number of carboxylic acids is 1. The molecule has 0 spiro atoms. The summed E-state index contributed by atoms with van der Waals surface area (Å²) in [4.78, 5) is 11.9. The average Bonchev–Trinajstić information content (AvgIpc) is 3.12. The first kappa shape index (κ1) is 22.2. The van der Waals surface area contributed by atoms with Crippen LogP contribution in [-0.2, 0) is 11.3 Å². The summed E-state index contributed by atoms with van der Waals surface area (Å²) in [7, 11) is 1.42. The number of carbonyl (C=O) groups is 1. The van der Waals surface area contributed by atoms with Gasteiger partial charge in [0, 0.05) is 27.2 Å². The van der Waals surface area contributed by atoms with Crippen molar-refractivity contribution in [2.45, 2.75) is 18.6 Å². The summed E-state index contributed by atoms with van der Waals surface area (Å²) < 4.78 is 7.57. The van der Waals surface area contributed by atoms with Gasteiger partial charge in [0.15, 0.2) is 22.5 Å². The molecule has 156 valence electrons. The lowest BCUT2D eigenvalue weighted by atomic mass is 10.1. The highest BCUT2D eigenvalue weighted by molar-refractivity contribution is 9.10. The number of hydrogen-bond acceptors (Lipinski definition) is 6. The smallest absolute Gasteiger partial charge is 0.342 e. The van der Waals surface area contributed by atoms with Gasteiger partial charge in [-0.25, -0.2) is 4.79 Å². The van der Waals surface area contributed by atoms with Crippen LogP contribution in [0.4, 0.5) is 0 Å². The van der Waals surface area contributed by atoms with Crippen LogP contribution in [-0.4, -0.2) is 38.1 Å². The van der Waals surface area contributed by atoms with Crippen LogP contribution in [0.15, 0.2) is 50.9 Å². The number of aromatic hydroxyl groups is 1. The number of rotatable bonds is 7. The van der Waals surface area contributed by atoms with Gasteiger partial charge in [-0.2, -0.15) is 0 Å². The Kier molecular flexibility index (Phi) is 7.06. The van der Waals surface area contributed by atoms with Crippen molar-refractivity contribution in [3.05, 3.63) is 56.4 Å². The van der Waals surface area contributed by atoms with E-state index in [0.29, 0.717) is 32.6 Å². The van der Waals surface area contributed by atoms with Gasteiger partial charge in [-0.3, -0.25) is 0 Å². The zero-order valence-corrected chi connectivity index (χ0v) is 19.1. The quantitative estimate of drug-likeness (QED) is 0.328. The van der Waals surface area contributed by atoms with E-state index in [1.54, 1.807) is 24.3 Å². The largest absolute Gasteiger partial charge is 0.504 e. The number of nitrogens with zero attached hydrogens (tertiary/aromatic N) is 3. The highest BCUT2D eigenvalue weighted by Gasteiger charge is 2.19. The summed E-state index contributed by atoms with van der Waals surface area (Å²) in [5.74, 6) is -0.476. The van der Waals surface area contributed by atoms with Gasteiger partial charge in [0.1, 0.15) is 4.91 Å². The van der Waals surface area contributed by atoms with Gasteiger partial charge in [-0.1, -0.05) is 27.5 Å². The SMILES string of the molecule is CCn1c(S/C(=C\c2cc(Br)cc(OC)c2O)C(=O)O)nnc1-c1ccc(Cl)cc1. The molecule has 2 N–H and O–H groups in total. The third kappa shape index (κ3) is 4.80. The standard InChI is InChI=1S/C20H17BrClN3O4S/c1-3-25-18(11-4-6-14(22)7-5-11)23-24-20(25)30-16(19(27)28)9-12-8-13(21)10-15(29-2)17(12)26/h4-10,26H,3H2,1-2H3,(H,27,28)/b16-9-. The van der Waals surface area contributed by atoms with E-state index in [0.717, 1.165) is 17.3 Å². The maximum atomic E-state index is 11.9. The van der Waals surface area contributed by atoms with Gasteiger partial charge < -0.3 is 19.5 Å². The first-order valence-corrected chi connectivity index (χ1v) is 10.7. The van der Waals surface area contributed by atoms with Crippen LogP contribution in [0.5, 0.6) is 11.5 Å². The number of carboxylic acid groups (broad SMARTS) is 1. The minimum absolute atomic E-state index is 0.0322. The van der Waals surface area contributed by atoms with Crippen LogP contribution < -0.4 is 4.74 Å². The van der Waals surface area contributed by atoms with Crippen LogP contribution in [0.25, 0.3) is 17.5 Å². The number of ether oxygens (including phenoxy) is 1. The number of benzene rings is 2. The molecular formula is C20H17BrClN3O4S. The molecule has 30 heavy (non-hydrogen) atoms. The molecule has 0 fully saturated rings. The third-order valence-corrected chi connectivity index (χ3v) is 5.83. The summed E-state index contributed by atoms with van der Waals surface area (Å²) >= 11 is 10.2. The van der Waals surface area contributed by atoms with Crippen molar-refractivity contribution in [2.75, 3.05) is 7.11 Å². The second kappa shape index (κ2) is 9.55. The molecule has 7 nitrogen and oxygen atoms in total. The minimum atomic E-state index is -1.16. The molecule has 1 heterocycles. The Morgan fingerprint density at radius 3 is 2.60 bits per heavy atom. The Labute approximate surface area is 190 Å². The maximum Gasteiger partial charge on any atom is 0.342 e.